The predicted molar refractivity (Wildman–Crippen MR) is 104 cm³/mol. The summed E-state index contributed by atoms with van der Waals surface area (Å²) in [5.41, 5.74) is 0.985. The lowest BCUT2D eigenvalue weighted by Gasteiger charge is -2.16. The topological polar surface area (TPSA) is 59.8 Å². The Labute approximate surface area is 160 Å². The van der Waals surface area contributed by atoms with Crippen molar-refractivity contribution in [3.8, 4) is 0 Å². The molecule has 1 N–H and O–H groups in total. The van der Waals surface area contributed by atoms with Gasteiger partial charge in [-0.05, 0) is 29.9 Å². The Balaban J connectivity index is 1.55. The Morgan fingerprint density at radius 1 is 1.27 bits per heavy atom. The molecular weight excluding hydrogens is 364 g/mol. The second-order valence-corrected chi connectivity index (χ2v) is 8.51. The molecule has 0 radical (unpaired) electrons. The lowest BCUT2D eigenvalue weighted by atomic mass is 10.1. The van der Waals surface area contributed by atoms with Crippen LogP contribution in [0.15, 0.2) is 53.0 Å². The third-order valence-corrected chi connectivity index (χ3v) is 6.49. The molecule has 5 nitrogen and oxygen atoms in total. The zero-order chi connectivity index (χ0) is 17.9. The standard InChI is InChI=1S/C19H20N4OS2/c1-23-16(12-15-8-5-11-25-15)21-22-19(23)26-17(13-6-3-2-4-7-13)18(24)20-14-9-10-14/h2-8,11,14,17H,9-10,12H2,1H3,(H,20,24)/t17-/m0/s1. The summed E-state index contributed by atoms with van der Waals surface area (Å²) in [5, 5.41) is 14.3. The molecule has 3 aromatic rings. The SMILES string of the molecule is Cn1c(Cc2cccs2)nnc1S[C@H](C(=O)NC1CC1)c1ccccc1. The van der Waals surface area contributed by atoms with Gasteiger partial charge >= 0.3 is 0 Å². The molecule has 1 fully saturated rings. The molecule has 2 aromatic heterocycles. The van der Waals surface area contributed by atoms with Crippen LogP contribution in [0.1, 0.15) is 34.4 Å². The summed E-state index contributed by atoms with van der Waals surface area (Å²) in [6.07, 6.45) is 2.91. The minimum absolute atomic E-state index is 0.0477. The van der Waals surface area contributed by atoms with E-state index < -0.39 is 0 Å². The Bertz CT molecular complexity index is 872. The van der Waals surface area contributed by atoms with E-state index in [-0.39, 0.29) is 11.2 Å². The quantitative estimate of drug-likeness (QED) is 0.633. The van der Waals surface area contributed by atoms with Gasteiger partial charge in [0.2, 0.25) is 5.91 Å². The van der Waals surface area contributed by atoms with Gasteiger partial charge in [-0.3, -0.25) is 4.79 Å². The molecule has 1 atom stereocenters. The predicted octanol–water partition coefficient (Wildman–Crippen LogP) is 3.58. The van der Waals surface area contributed by atoms with Crippen LogP contribution in [-0.4, -0.2) is 26.7 Å². The highest BCUT2D eigenvalue weighted by Crippen LogP contribution is 2.35. The number of nitrogens with zero attached hydrogens (tertiary/aromatic N) is 3. The molecule has 7 heteroatoms. The van der Waals surface area contributed by atoms with Gasteiger partial charge in [-0.15, -0.1) is 21.5 Å². The van der Waals surface area contributed by atoms with Crippen molar-refractivity contribution in [2.24, 2.45) is 7.05 Å². The van der Waals surface area contributed by atoms with Crippen LogP contribution in [0.5, 0.6) is 0 Å². The van der Waals surface area contributed by atoms with Gasteiger partial charge in [0.25, 0.3) is 0 Å². The van der Waals surface area contributed by atoms with Crippen molar-refractivity contribution < 1.29 is 4.79 Å². The van der Waals surface area contributed by atoms with E-state index in [0.717, 1.165) is 35.8 Å². The van der Waals surface area contributed by atoms with E-state index in [0.29, 0.717) is 6.04 Å². The lowest BCUT2D eigenvalue weighted by molar-refractivity contribution is -0.120. The average Bonchev–Trinajstić information content (AvgIpc) is 3.19. The number of benzene rings is 1. The molecule has 2 heterocycles. The van der Waals surface area contributed by atoms with Crippen LogP contribution < -0.4 is 5.32 Å². The van der Waals surface area contributed by atoms with Gasteiger partial charge in [0.05, 0.1) is 0 Å². The molecule has 26 heavy (non-hydrogen) atoms. The van der Waals surface area contributed by atoms with Crippen LogP contribution in [0.3, 0.4) is 0 Å². The summed E-state index contributed by atoms with van der Waals surface area (Å²) >= 11 is 3.17. The van der Waals surface area contributed by atoms with Gasteiger partial charge < -0.3 is 9.88 Å². The van der Waals surface area contributed by atoms with Gasteiger partial charge in [-0.1, -0.05) is 48.2 Å². The number of thiophene rings is 1. The van der Waals surface area contributed by atoms with Crippen LogP contribution >= 0.6 is 23.1 Å². The molecule has 0 unspecified atom stereocenters. The fourth-order valence-electron chi connectivity index (χ4n) is 2.68. The number of thioether (sulfide) groups is 1. The first-order valence-corrected chi connectivity index (χ1v) is 10.4. The van der Waals surface area contributed by atoms with Crippen LogP contribution in [0.4, 0.5) is 0 Å². The maximum absolute atomic E-state index is 12.8. The van der Waals surface area contributed by atoms with Crippen LogP contribution in [0.25, 0.3) is 0 Å². The van der Waals surface area contributed by atoms with E-state index in [9.17, 15) is 4.79 Å². The minimum Gasteiger partial charge on any atom is -0.352 e. The Hall–Kier alpha value is -2.12. The first kappa shape index (κ1) is 17.3. The lowest BCUT2D eigenvalue weighted by Crippen LogP contribution is -2.29. The molecule has 1 aliphatic rings. The highest BCUT2D eigenvalue weighted by atomic mass is 32.2. The van der Waals surface area contributed by atoms with Crippen molar-refractivity contribution in [2.75, 3.05) is 0 Å². The molecule has 0 saturated heterocycles. The van der Waals surface area contributed by atoms with Crippen molar-refractivity contribution in [2.45, 2.75) is 35.7 Å². The molecule has 0 spiro atoms. The molecule has 1 aromatic carbocycles. The normalized spacial score (nSPS) is 15.0. The summed E-state index contributed by atoms with van der Waals surface area (Å²) in [6.45, 7) is 0. The molecule has 4 rings (SSSR count). The van der Waals surface area contributed by atoms with Gasteiger partial charge in [0, 0.05) is 24.4 Å². The molecule has 1 amide bonds. The fraction of sp³-hybridized carbons (Fsp3) is 0.316. The summed E-state index contributed by atoms with van der Waals surface area (Å²) in [7, 11) is 1.96. The van der Waals surface area contributed by atoms with E-state index in [1.54, 1.807) is 11.3 Å². The second kappa shape index (κ2) is 7.63. The Morgan fingerprint density at radius 3 is 2.77 bits per heavy atom. The zero-order valence-corrected chi connectivity index (χ0v) is 16.1. The first-order chi connectivity index (χ1) is 12.7. The third-order valence-electron chi connectivity index (χ3n) is 4.32. The highest BCUT2D eigenvalue weighted by molar-refractivity contribution is 8.00. The molecule has 1 aliphatic carbocycles. The summed E-state index contributed by atoms with van der Waals surface area (Å²) in [4.78, 5) is 14.0. The van der Waals surface area contributed by atoms with Crippen LogP contribution in [0.2, 0.25) is 0 Å². The Kier molecular flexibility index (Phi) is 5.08. The number of carbonyl (C=O) groups excluding carboxylic acids is 1. The minimum atomic E-state index is -0.325. The number of amides is 1. The van der Waals surface area contributed by atoms with Gasteiger partial charge in [-0.2, -0.15) is 0 Å². The largest absolute Gasteiger partial charge is 0.352 e. The fourth-order valence-corrected chi connectivity index (χ4v) is 4.41. The number of hydrogen-bond donors (Lipinski definition) is 1. The molecular formula is C19H20N4OS2. The Morgan fingerprint density at radius 2 is 2.08 bits per heavy atom. The average molecular weight is 385 g/mol. The second-order valence-electron chi connectivity index (χ2n) is 6.41. The van der Waals surface area contributed by atoms with Gasteiger partial charge in [-0.25, -0.2) is 0 Å². The smallest absolute Gasteiger partial charge is 0.238 e. The van der Waals surface area contributed by atoms with Gasteiger partial charge in [0.1, 0.15) is 11.1 Å². The molecule has 0 aliphatic heterocycles. The van der Waals surface area contributed by atoms with Crippen molar-refractivity contribution in [3.63, 3.8) is 0 Å². The van der Waals surface area contributed by atoms with Gasteiger partial charge in [0.15, 0.2) is 5.16 Å². The number of hydrogen-bond acceptors (Lipinski definition) is 5. The maximum atomic E-state index is 12.8. The van der Waals surface area contributed by atoms with Crippen molar-refractivity contribution in [1.82, 2.24) is 20.1 Å². The van der Waals surface area contributed by atoms with Crippen molar-refractivity contribution >= 4 is 29.0 Å². The van der Waals surface area contributed by atoms with Crippen LogP contribution in [-0.2, 0) is 18.3 Å². The number of nitrogens with one attached hydrogen (secondary N) is 1. The van der Waals surface area contributed by atoms with Crippen LogP contribution in [0, 0.1) is 0 Å². The maximum Gasteiger partial charge on any atom is 0.238 e. The van der Waals surface area contributed by atoms with Crippen molar-refractivity contribution in [1.29, 1.82) is 0 Å². The molecule has 1 saturated carbocycles. The van der Waals surface area contributed by atoms with E-state index in [1.807, 2.05) is 48.0 Å². The summed E-state index contributed by atoms with van der Waals surface area (Å²) < 4.78 is 1.99. The van der Waals surface area contributed by atoms with E-state index in [2.05, 4.69) is 27.0 Å². The molecule has 0 bridgehead atoms. The van der Waals surface area contributed by atoms with E-state index in [4.69, 9.17) is 0 Å². The number of carbonyl (C=O) groups is 1. The number of rotatable bonds is 7. The zero-order valence-electron chi connectivity index (χ0n) is 14.5. The first-order valence-electron chi connectivity index (χ1n) is 8.63. The van der Waals surface area contributed by atoms with Crippen molar-refractivity contribution in [3.05, 3.63) is 64.1 Å². The monoisotopic (exact) mass is 384 g/mol. The summed E-state index contributed by atoms with van der Waals surface area (Å²) in [6, 6.07) is 14.4. The number of aromatic nitrogens is 3. The highest BCUT2D eigenvalue weighted by Gasteiger charge is 2.30. The molecule has 134 valence electrons. The summed E-state index contributed by atoms with van der Waals surface area (Å²) in [5.74, 6) is 0.955. The third kappa shape index (κ3) is 3.99. The van der Waals surface area contributed by atoms with E-state index in [1.165, 1.54) is 16.6 Å². The van der Waals surface area contributed by atoms with E-state index >= 15 is 0 Å².